The monoisotopic (exact) mass is 1970 g/mol. The highest BCUT2D eigenvalue weighted by molar-refractivity contribution is 6.05. The lowest BCUT2D eigenvalue weighted by atomic mass is 9.93. The van der Waals surface area contributed by atoms with Crippen molar-refractivity contribution in [2.45, 2.75) is 65.2 Å². The van der Waals surface area contributed by atoms with E-state index in [1.807, 2.05) is 117 Å². The van der Waals surface area contributed by atoms with Gasteiger partial charge in [-0.2, -0.15) is 0 Å². The van der Waals surface area contributed by atoms with Gasteiger partial charge in [0.15, 0.2) is 114 Å². The summed E-state index contributed by atoms with van der Waals surface area (Å²) in [6.45, 7) is 3.93. The first kappa shape index (κ1) is 101. The van der Waals surface area contributed by atoms with Gasteiger partial charge in [-0.1, -0.05) is 145 Å². The smallest absolute Gasteiger partial charge is 0.309 e. The highest BCUT2D eigenvalue weighted by Crippen LogP contribution is 2.45. The van der Waals surface area contributed by atoms with E-state index in [1.165, 1.54) is 111 Å². The van der Waals surface area contributed by atoms with Crippen LogP contribution in [-0.4, -0.2) is 143 Å². The number of phenols is 12. The molecule has 16 N–H and O–H groups in total. The predicted octanol–water partition coefficient (Wildman–Crippen LogP) is 22.3. The molecule has 0 radical (unpaired) electrons. The number of H-pyrrole nitrogens is 2. The van der Waals surface area contributed by atoms with E-state index in [2.05, 4.69) is 9.97 Å². The van der Waals surface area contributed by atoms with Gasteiger partial charge in [0.05, 0.1) is 37.9 Å². The molecule has 0 aliphatic heterocycles. The Morgan fingerprint density at radius 1 is 0.288 bits per heavy atom. The summed E-state index contributed by atoms with van der Waals surface area (Å²) in [5, 5.41) is 142. The minimum atomic E-state index is -1.05. The summed E-state index contributed by atoms with van der Waals surface area (Å²) in [6.07, 6.45) is 16.3. The number of hydrogen-bond acceptors (Lipinski definition) is 26. The molecule has 18 aromatic rings. The molecule has 0 aliphatic rings. The number of allylic oxidation sites excluding steroid dienone is 4. The van der Waals surface area contributed by atoms with Crippen molar-refractivity contribution in [1.82, 2.24) is 9.97 Å². The molecular weight excluding hydrogens is 1870 g/mol. The number of aromatic nitrogens is 2. The molecule has 6 heterocycles. The number of ether oxygens (including phenoxy) is 2. The number of aromatic amines is 2. The number of benzene rings is 12. The second-order valence-electron chi connectivity index (χ2n) is 35.0. The number of carboxylic acid groups (broad SMARTS) is 2. The molecule has 12 aromatic carbocycles. The van der Waals surface area contributed by atoms with Gasteiger partial charge in [0.25, 0.3) is 0 Å². The molecule has 0 spiro atoms. The van der Waals surface area contributed by atoms with E-state index in [0.29, 0.717) is 102 Å². The van der Waals surface area contributed by atoms with Gasteiger partial charge in [-0.25, -0.2) is 0 Å². The number of rotatable bonds is 32. The number of fused-ring (bicyclic) bond motifs is 6. The molecule has 0 aliphatic carbocycles. The number of hydrogen-bond donors (Lipinski definition) is 16. The first-order chi connectivity index (χ1) is 70.1. The number of aliphatic carboxylic acids is 2. The lowest BCUT2D eigenvalue weighted by Crippen LogP contribution is -2.21. The summed E-state index contributed by atoms with van der Waals surface area (Å²) in [7, 11) is 2.62. The van der Waals surface area contributed by atoms with E-state index in [1.54, 1.807) is 103 Å². The maximum atomic E-state index is 12.9. The molecule has 4 atom stereocenters. The molecule has 740 valence electrons. The van der Waals surface area contributed by atoms with Crippen molar-refractivity contribution in [2.24, 2.45) is 23.7 Å². The molecule has 0 bridgehead atoms. The van der Waals surface area contributed by atoms with Crippen LogP contribution < -0.4 is 0 Å². The third-order valence-electron chi connectivity index (χ3n) is 24.7. The Bertz CT molecular complexity index is 8130. The van der Waals surface area contributed by atoms with Crippen LogP contribution in [0.1, 0.15) is 81.3 Å². The van der Waals surface area contributed by atoms with Crippen LogP contribution in [-0.2, 0) is 73.5 Å². The number of carbonyl (C=O) groups is 8. The van der Waals surface area contributed by atoms with Crippen molar-refractivity contribution in [3.63, 3.8) is 0 Å². The van der Waals surface area contributed by atoms with Gasteiger partial charge in [-0.15, -0.1) is 0 Å². The van der Waals surface area contributed by atoms with Gasteiger partial charge in [0, 0.05) is 104 Å². The van der Waals surface area contributed by atoms with Gasteiger partial charge in [0.2, 0.25) is 0 Å². The first-order valence-corrected chi connectivity index (χ1v) is 45.9. The maximum absolute atomic E-state index is 12.9. The van der Waals surface area contributed by atoms with Gasteiger partial charge in [-0.05, 0) is 242 Å². The highest BCUT2D eigenvalue weighted by Gasteiger charge is 2.29. The van der Waals surface area contributed by atoms with E-state index in [-0.39, 0.29) is 153 Å². The zero-order chi connectivity index (χ0) is 104. The van der Waals surface area contributed by atoms with E-state index in [9.17, 15) is 110 Å². The van der Waals surface area contributed by atoms with Crippen LogP contribution in [0.25, 0.3) is 135 Å². The van der Waals surface area contributed by atoms with Gasteiger partial charge in [-0.3, -0.25) is 38.4 Å². The van der Waals surface area contributed by atoms with Crippen LogP contribution in [0.3, 0.4) is 0 Å². The van der Waals surface area contributed by atoms with Crippen LogP contribution in [0.2, 0.25) is 0 Å². The number of para-hydroxylation sites is 2. The molecular formula is C116H98N2O28. The number of carbonyl (C=O) groups excluding carboxylic acids is 6. The summed E-state index contributed by atoms with van der Waals surface area (Å²) < 4.78 is 33.0. The van der Waals surface area contributed by atoms with Crippen molar-refractivity contribution in [1.29, 1.82) is 0 Å². The number of aryl methyl sites for hydroxylation is 2. The fourth-order valence-corrected chi connectivity index (χ4v) is 16.8. The minimum Gasteiger partial charge on any atom is -0.504 e. The van der Waals surface area contributed by atoms with Crippen molar-refractivity contribution in [2.75, 3.05) is 14.2 Å². The van der Waals surface area contributed by atoms with Crippen molar-refractivity contribution in [3.05, 3.63) is 335 Å². The molecule has 18 rings (SSSR count). The molecule has 0 saturated heterocycles. The Kier molecular flexibility index (Phi) is 31.3. The Hall–Kier alpha value is -19.0. The SMILES string of the molecule is COC(=O)[C@@H](CC(=O)/C=C/c1ccc(O)c2oc(-c3ccc(O)c(O)c3)cc12)Cc1ccc(C)cc1.COC(=O)[C@H](CC(=O)/C=C/c1ccc(O)c2oc(-c3ccc(O)c(O)c3)cc12)Cc1c[nH]c2ccccc12.Cc1ccc(C[C@H](CC(=O)/C=C/c2ccc(O)c3oc(-c4ccc(O)c(O)c4)cc23)C(=O)O)cc1.O=C(/C=C/c1ccc(O)c2oc(-c3ccc(O)c(O)c3)cc12)C[C@H](Cc1c[nH]c2ccccc12)C(=O)O. The van der Waals surface area contributed by atoms with E-state index in [4.69, 9.17) is 27.1 Å². The number of methoxy groups -OCH3 is 2. The maximum Gasteiger partial charge on any atom is 0.309 e. The van der Waals surface area contributed by atoms with Crippen LogP contribution >= 0.6 is 0 Å². The van der Waals surface area contributed by atoms with Crippen LogP contribution in [0.15, 0.2) is 297 Å². The Morgan fingerprint density at radius 3 is 0.822 bits per heavy atom. The third kappa shape index (κ3) is 24.3. The zero-order valence-corrected chi connectivity index (χ0v) is 78.8. The average molecular weight is 1970 g/mol. The first-order valence-electron chi connectivity index (χ1n) is 45.9. The summed E-state index contributed by atoms with van der Waals surface area (Å²) in [5.41, 5.74) is 12.8. The van der Waals surface area contributed by atoms with Crippen molar-refractivity contribution in [3.8, 4) is 114 Å². The highest BCUT2D eigenvalue weighted by atomic mass is 16.5. The minimum absolute atomic E-state index is 0.0122. The molecule has 0 unspecified atom stereocenters. The summed E-state index contributed by atoms with van der Waals surface area (Å²) in [6, 6.07) is 66.7. The van der Waals surface area contributed by atoms with Gasteiger partial charge < -0.3 is 109 Å². The molecule has 30 nitrogen and oxygen atoms in total. The third-order valence-corrected chi connectivity index (χ3v) is 24.7. The number of furan rings is 4. The largest absolute Gasteiger partial charge is 0.504 e. The lowest BCUT2D eigenvalue weighted by Gasteiger charge is -2.13. The Morgan fingerprint density at radius 2 is 0.541 bits per heavy atom. The number of esters is 2. The van der Waals surface area contributed by atoms with Gasteiger partial charge >= 0.3 is 23.9 Å². The van der Waals surface area contributed by atoms with Crippen LogP contribution in [0, 0.1) is 37.5 Å². The van der Waals surface area contributed by atoms with E-state index < -0.39 is 47.5 Å². The van der Waals surface area contributed by atoms with Crippen molar-refractivity contribution < 1.29 is 137 Å². The topological polar surface area (TPSA) is 522 Å². The Balaban J connectivity index is 0.000000146. The summed E-state index contributed by atoms with van der Waals surface area (Å²) >= 11 is 0. The van der Waals surface area contributed by atoms with Crippen LogP contribution in [0.5, 0.6) is 69.0 Å². The second kappa shape index (κ2) is 45.1. The number of nitrogens with one attached hydrogen (secondary N) is 2. The normalized spacial score (nSPS) is 12.3. The average Bonchev–Trinajstić information content (AvgIpc) is 1.65. The number of carboxylic acids is 2. The van der Waals surface area contributed by atoms with E-state index >= 15 is 0 Å². The summed E-state index contributed by atoms with van der Waals surface area (Å²) in [5.74, 6) is -8.37. The zero-order valence-electron chi connectivity index (χ0n) is 78.8. The fraction of sp³-hybridized carbons (Fsp3) is 0.138. The number of aromatic hydroxyl groups is 12. The number of phenolic OH excluding ortho intramolecular Hbond substituents is 12. The fourth-order valence-electron chi connectivity index (χ4n) is 16.8. The van der Waals surface area contributed by atoms with Gasteiger partial charge in [0.1, 0.15) is 23.0 Å². The lowest BCUT2D eigenvalue weighted by molar-refractivity contribution is -0.147. The predicted molar refractivity (Wildman–Crippen MR) is 548 cm³/mol. The number of ketones is 4. The molecule has 6 aromatic heterocycles. The molecule has 0 amide bonds. The molecule has 146 heavy (non-hydrogen) atoms. The standard InChI is InChI=1S/C30H25NO7.C29H23NO7.C29H26O7.C28H24O7/c1-37-30(36)19(12-20-16-31-24-5-3-2-4-22(20)24)13-21(32)9-6-17-7-11-26(34)29-23(17)15-28(38-29)18-8-10-25(33)27(35)14-18;31-20(12-18(29(35)36)11-19-15-30-23-4-2-1-3-21(19)23)8-5-16-6-10-25(33)28-22(16)14-27(37-28)17-7-9-24(32)26(34)13-17;1-17-3-5-18(6-4-17)13-21(29(34)35-2)14-22(30)10-7-19-8-12-25(32)28-23(19)16-27(36-28)20-9-11-24(31)26(33)15-20;1-16-2-4-17(5-3-16)12-20(28(33)34)13-21(29)9-6-18-7-11-24(31)27-22(18)15-26(35-27)19-8-10-23(30)25(32)14-19/h2-11,14-16,19,31,33-35H,12-13H2,1H3;1-10,13-15,18,30,32-34H,11-12H2,(H,35,36);3-12,15-16,21,31-33H,13-14H2,1-2H3;2-11,14-15,20,30-32H,12-13H2,1H3,(H,33,34)/b9-6+;8-5+;10-7+;9-6+/t19-;18-;21-;20-/m0011/s1. The Labute approximate surface area is 831 Å². The molecule has 30 heteroatoms. The van der Waals surface area contributed by atoms with Crippen LogP contribution in [0.4, 0.5) is 0 Å². The van der Waals surface area contributed by atoms with Crippen molar-refractivity contribution >= 4 is 137 Å². The quantitative estimate of drug-likeness (QED) is 0.0106. The second-order valence-corrected chi connectivity index (χ2v) is 35.0. The summed E-state index contributed by atoms with van der Waals surface area (Å²) in [4.78, 5) is 106. The van der Waals surface area contributed by atoms with E-state index in [0.717, 1.165) is 55.2 Å². The molecule has 0 saturated carbocycles. The molecule has 0 fully saturated rings.